The van der Waals surface area contributed by atoms with Crippen molar-refractivity contribution in [1.82, 2.24) is 4.90 Å². The molecule has 0 radical (unpaired) electrons. The first-order valence-electron chi connectivity index (χ1n) is 6.28. The van der Waals surface area contributed by atoms with Gasteiger partial charge in [-0.2, -0.15) is 5.26 Å². The third-order valence-electron chi connectivity index (χ3n) is 3.21. The zero-order chi connectivity index (χ0) is 14.7. The minimum absolute atomic E-state index is 0.139. The molecule has 1 heterocycles. The molecule has 106 valence electrons. The zero-order valence-electron chi connectivity index (χ0n) is 11.4. The highest BCUT2D eigenvalue weighted by atomic mass is 79.9. The van der Waals surface area contributed by atoms with Crippen LogP contribution < -0.4 is 9.47 Å². The highest BCUT2D eigenvalue weighted by Gasteiger charge is 2.22. The molecular formula is C14H15BrN2O3. The fourth-order valence-electron chi connectivity index (χ4n) is 1.91. The van der Waals surface area contributed by atoms with Gasteiger partial charge >= 0.3 is 0 Å². The Morgan fingerprint density at radius 2 is 2.20 bits per heavy atom. The van der Waals surface area contributed by atoms with Crippen molar-refractivity contribution in [2.45, 2.75) is 19.4 Å². The number of benzene rings is 1. The summed E-state index contributed by atoms with van der Waals surface area (Å²) in [7, 11) is 1.69. The molecule has 0 saturated carbocycles. The number of carbonyl (C=O) groups excluding carboxylic acids is 1. The average molecular weight is 339 g/mol. The second kappa shape index (κ2) is 6.14. The fourth-order valence-corrected chi connectivity index (χ4v) is 2.46. The van der Waals surface area contributed by atoms with Gasteiger partial charge in [0.15, 0.2) is 11.5 Å². The van der Waals surface area contributed by atoms with Crippen LogP contribution in [-0.4, -0.2) is 37.1 Å². The van der Waals surface area contributed by atoms with Crippen molar-refractivity contribution in [3.8, 4) is 17.6 Å². The number of hydrogen-bond donors (Lipinski definition) is 0. The number of carbonyl (C=O) groups is 1. The molecule has 0 saturated heterocycles. The van der Waals surface area contributed by atoms with Crippen molar-refractivity contribution < 1.29 is 14.3 Å². The zero-order valence-corrected chi connectivity index (χ0v) is 12.9. The summed E-state index contributed by atoms with van der Waals surface area (Å²) in [6, 6.07) is 5.32. The minimum atomic E-state index is -0.148. The third kappa shape index (κ3) is 2.88. The Labute approximate surface area is 126 Å². The van der Waals surface area contributed by atoms with Crippen molar-refractivity contribution in [2.75, 3.05) is 20.3 Å². The van der Waals surface area contributed by atoms with E-state index in [1.807, 2.05) is 6.92 Å². The van der Waals surface area contributed by atoms with Gasteiger partial charge in [-0.15, -0.1) is 0 Å². The minimum Gasteiger partial charge on any atom is -0.486 e. The molecule has 0 bridgehead atoms. The summed E-state index contributed by atoms with van der Waals surface area (Å²) in [5.74, 6) is 1.04. The summed E-state index contributed by atoms with van der Waals surface area (Å²) in [5, 5.41) is 8.71. The summed E-state index contributed by atoms with van der Waals surface area (Å²) in [6.07, 6.45) is 0.300. The Bertz CT molecular complexity index is 568. The third-order valence-corrected chi connectivity index (χ3v) is 3.80. The Kier molecular flexibility index (Phi) is 4.50. The number of fused-ring (bicyclic) bond motifs is 1. The summed E-state index contributed by atoms with van der Waals surface area (Å²) < 4.78 is 11.7. The average Bonchev–Trinajstić information content (AvgIpc) is 2.46. The van der Waals surface area contributed by atoms with Crippen LogP contribution in [0.1, 0.15) is 23.7 Å². The summed E-state index contributed by atoms with van der Waals surface area (Å²) in [5.41, 5.74) is 0.508. The van der Waals surface area contributed by atoms with E-state index in [0.29, 0.717) is 41.2 Å². The van der Waals surface area contributed by atoms with Crippen molar-refractivity contribution in [3.05, 3.63) is 22.2 Å². The number of ether oxygens (including phenoxy) is 2. The van der Waals surface area contributed by atoms with Gasteiger partial charge in [0.25, 0.3) is 5.91 Å². The maximum absolute atomic E-state index is 12.4. The van der Waals surface area contributed by atoms with Crippen LogP contribution in [0.5, 0.6) is 11.5 Å². The lowest BCUT2D eigenvalue weighted by Gasteiger charge is -2.25. The van der Waals surface area contributed by atoms with E-state index in [1.165, 1.54) is 0 Å². The number of halogens is 1. The highest BCUT2D eigenvalue weighted by Crippen LogP contribution is 2.38. The molecule has 1 atom stereocenters. The van der Waals surface area contributed by atoms with E-state index in [1.54, 1.807) is 24.1 Å². The van der Waals surface area contributed by atoms with Gasteiger partial charge in [0.1, 0.15) is 13.2 Å². The van der Waals surface area contributed by atoms with Crippen LogP contribution in [0.25, 0.3) is 0 Å². The van der Waals surface area contributed by atoms with Crippen LogP contribution in [0.4, 0.5) is 0 Å². The van der Waals surface area contributed by atoms with Crippen LogP contribution in [0.2, 0.25) is 0 Å². The topological polar surface area (TPSA) is 62.6 Å². The van der Waals surface area contributed by atoms with Gasteiger partial charge in [0.05, 0.1) is 17.0 Å². The van der Waals surface area contributed by atoms with Gasteiger partial charge in [0.2, 0.25) is 0 Å². The number of hydrogen-bond acceptors (Lipinski definition) is 4. The molecular weight excluding hydrogens is 324 g/mol. The van der Waals surface area contributed by atoms with Crippen LogP contribution in [-0.2, 0) is 0 Å². The molecule has 2 rings (SSSR count). The number of nitrogens with zero attached hydrogens (tertiary/aromatic N) is 2. The number of nitriles is 1. The Hall–Kier alpha value is -1.74. The van der Waals surface area contributed by atoms with E-state index >= 15 is 0 Å². The molecule has 1 aliphatic rings. The first kappa shape index (κ1) is 14.7. The predicted octanol–water partition coefficient (Wildman–Crippen LogP) is 2.59. The van der Waals surface area contributed by atoms with Crippen molar-refractivity contribution in [2.24, 2.45) is 0 Å². The van der Waals surface area contributed by atoms with Gasteiger partial charge in [-0.25, -0.2) is 0 Å². The van der Waals surface area contributed by atoms with E-state index in [2.05, 4.69) is 22.0 Å². The van der Waals surface area contributed by atoms with Crippen LogP contribution >= 0.6 is 15.9 Å². The standard InChI is InChI=1S/C14H15BrN2O3/c1-9(3-4-16)17(2)14(18)10-7-11(15)13-12(8-10)19-5-6-20-13/h7-9H,3,5-6H2,1-2H3/t9-/m1/s1. The summed E-state index contributed by atoms with van der Waals surface area (Å²) >= 11 is 3.39. The quantitative estimate of drug-likeness (QED) is 0.849. The Morgan fingerprint density at radius 3 is 2.90 bits per heavy atom. The molecule has 0 unspecified atom stereocenters. The predicted molar refractivity (Wildman–Crippen MR) is 76.9 cm³/mol. The largest absolute Gasteiger partial charge is 0.486 e. The van der Waals surface area contributed by atoms with Crippen molar-refractivity contribution in [1.29, 1.82) is 5.26 Å². The summed E-state index contributed by atoms with van der Waals surface area (Å²) in [6.45, 7) is 2.81. The molecule has 1 aliphatic heterocycles. The number of rotatable bonds is 3. The van der Waals surface area contributed by atoms with E-state index in [0.717, 1.165) is 0 Å². The molecule has 0 spiro atoms. The molecule has 0 N–H and O–H groups in total. The maximum Gasteiger partial charge on any atom is 0.254 e. The molecule has 0 fully saturated rings. The Morgan fingerprint density at radius 1 is 1.50 bits per heavy atom. The van der Waals surface area contributed by atoms with Crippen LogP contribution in [0.15, 0.2) is 16.6 Å². The molecule has 0 aromatic heterocycles. The molecule has 20 heavy (non-hydrogen) atoms. The second-order valence-electron chi connectivity index (χ2n) is 4.61. The first-order valence-corrected chi connectivity index (χ1v) is 7.07. The van der Waals surface area contributed by atoms with Gasteiger partial charge in [-0.1, -0.05) is 0 Å². The van der Waals surface area contributed by atoms with Gasteiger partial charge in [0, 0.05) is 18.7 Å². The van der Waals surface area contributed by atoms with Crippen LogP contribution in [0, 0.1) is 11.3 Å². The fraction of sp³-hybridized carbons (Fsp3) is 0.429. The normalized spacial score (nSPS) is 14.3. The summed E-state index contributed by atoms with van der Waals surface area (Å²) in [4.78, 5) is 14.0. The second-order valence-corrected chi connectivity index (χ2v) is 5.46. The lowest BCUT2D eigenvalue weighted by Crippen LogP contribution is -2.34. The molecule has 1 amide bonds. The molecule has 1 aromatic rings. The number of amides is 1. The highest BCUT2D eigenvalue weighted by molar-refractivity contribution is 9.10. The lowest BCUT2D eigenvalue weighted by atomic mass is 10.1. The SMILES string of the molecule is C[C@H](CC#N)N(C)C(=O)c1cc(Br)c2c(c1)OCCO2. The monoisotopic (exact) mass is 338 g/mol. The van der Waals surface area contributed by atoms with Crippen molar-refractivity contribution >= 4 is 21.8 Å². The molecule has 5 nitrogen and oxygen atoms in total. The van der Waals surface area contributed by atoms with Gasteiger partial charge in [-0.3, -0.25) is 4.79 Å². The van der Waals surface area contributed by atoms with E-state index in [9.17, 15) is 4.79 Å². The van der Waals surface area contributed by atoms with E-state index in [-0.39, 0.29) is 11.9 Å². The maximum atomic E-state index is 12.4. The van der Waals surface area contributed by atoms with Gasteiger partial charge in [-0.05, 0) is 35.0 Å². The van der Waals surface area contributed by atoms with E-state index in [4.69, 9.17) is 14.7 Å². The van der Waals surface area contributed by atoms with Gasteiger partial charge < -0.3 is 14.4 Å². The molecule has 1 aromatic carbocycles. The Balaban J connectivity index is 2.27. The molecule has 0 aliphatic carbocycles. The lowest BCUT2D eigenvalue weighted by molar-refractivity contribution is 0.0745. The van der Waals surface area contributed by atoms with E-state index < -0.39 is 0 Å². The molecule has 6 heteroatoms. The van der Waals surface area contributed by atoms with Crippen LogP contribution in [0.3, 0.4) is 0 Å². The van der Waals surface area contributed by atoms with Crippen molar-refractivity contribution in [3.63, 3.8) is 0 Å². The first-order chi connectivity index (χ1) is 9.54. The smallest absolute Gasteiger partial charge is 0.254 e.